The van der Waals surface area contributed by atoms with Crippen molar-refractivity contribution in [3.05, 3.63) is 166 Å². The number of nitrogens with one attached hydrogen (secondary N) is 6. The molecular weight excluding hydrogens is 1500 g/mol. The molecule has 5 aliphatic heterocycles. The van der Waals surface area contributed by atoms with Crippen LogP contribution in [0.15, 0.2) is 128 Å². The number of methoxy groups -OCH3 is 3. The van der Waals surface area contributed by atoms with Gasteiger partial charge >= 0.3 is 6.09 Å². The fourth-order valence-electron chi connectivity index (χ4n) is 15.0. The molecule has 5 heterocycles. The largest absolute Gasteiger partial charge is 0.497 e. The number of benzene rings is 6. The van der Waals surface area contributed by atoms with Crippen LogP contribution in [-0.4, -0.2) is 206 Å². The predicted molar refractivity (Wildman–Crippen MR) is 438 cm³/mol. The minimum Gasteiger partial charge on any atom is -0.497 e. The standard InChI is InChI=1S/C87H107N11O19/c1-53(2)79(94-76(100)28-35-112-37-39-114-41-40-113-38-36-111-34-27-75(99)89-31-26-77(101)96-49-58-14-9-10-15-63(58)78(88)80(91-54(3)4)64-16-11-12-17-68(64)96)82(103)92-55(5)81(102)93-60-22-18-56(19-23-60)51-117-86(107)98-69-46-74(72(110-8)44-66(69)84(105)97-52-87(29-30-87)47-70(97)85(98)106)116-33-13-32-115-73-45-67-65(43-71(73)109-7)83(104)95-50-59(42-61(95)48-90-67)57-20-24-62(108-6)25-21-57/h9-12,14-25,43-46,50,53-55,61,70,79,85,90-91,106H,13,26-42,47-49,51-52,88H2,1-8H3,(H,89,99)(H,92,103)(H,93,102)(H,94,100)/b80-78-/t55-,61?,70-,79-,85-/m0/s1. The Labute approximate surface area is 681 Å². The van der Waals surface area contributed by atoms with Crippen LogP contribution >= 0.6 is 0 Å². The number of aliphatic hydroxyl groups is 1. The van der Waals surface area contributed by atoms with Gasteiger partial charge in [0.25, 0.3) is 11.8 Å². The lowest BCUT2D eigenvalue weighted by Crippen LogP contribution is -2.53. The van der Waals surface area contributed by atoms with Gasteiger partial charge in [-0.2, -0.15) is 0 Å². The normalized spacial score (nSPS) is 18.0. The maximum atomic E-state index is 14.5. The lowest BCUT2D eigenvalue weighted by Gasteiger charge is -2.31. The number of anilines is 4. The number of hydrogen-bond acceptors (Lipinski definition) is 22. The van der Waals surface area contributed by atoms with Gasteiger partial charge in [0.15, 0.2) is 29.2 Å². The number of rotatable bonds is 38. The minimum atomic E-state index is -1.49. The highest BCUT2D eigenvalue weighted by molar-refractivity contribution is 6.07. The molecule has 117 heavy (non-hydrogen) atoms. The Morgan fingerprint density at radius 1 is 0.641 bits per heavy atom. The molecule has 30 heteroatoms. The molecule has 2 fully saturated rings. The van der Waals surface area contributed by atoms with Gasteiger partial charge in [-0.15, -0.1) is 0 Å². The molecule has 6 aromatic rings. The first-order chi connectivity index (χ1) is 56.5. The van der Waals surface area contributed by atoms with E-state index in [1.807, 2.05) is 92.8 Å². The zero-order valence-electron chi connectivity index (χ0n) is 67.6. The van der Waals surface area contributed by atoms with Crippen molar-refractivity contribution in [2.24, 2.45) is 17.1 Å². The third kappa shape index (κ3) is 21.1. The van der Waals surface area contributed by atoms with E-state index in [2.05, 4.69) is 31.9 Å². The number of amides is 8. The summed E-state index contributed by atoms with van der Waals surface area (Å²) in [5, 5.41) is 30.3. The van der Waals surface area contributed by atoms with Crippen molar-refractivity contribution in [2.75, 3.05) is 127 Å². The molecule has 9 N–H and O–H groups in total. The summed E-state index contributed by atoms with van der Waals surface area (Å²) in [6.07, 6.45) is 2.99. The molecule has 30 nitrogen and oxygen atoms in total. The summed E-state index contributed by atoms with van der Waals surface area (Å²) >= 11 is 0. The number of hydrogen-bond donors (Lipinski definition) is 8. The molecule has 624 valence electrons. The number of nitrogens with two attached hydrogens (primary N) is 1. The molecule has 8 amide bonds. The Morgan fingerprint density at radius 2 is 1.27 bits per heavy atom. The Bertz CT molecular complexity index is 4630. The van der Waals surface area contributed by atoms with Crippen LogP contribution in [-0.2, 0) is 60.8 Å². The van der Waals surface area contributed by atoms with Gasteiger partial charge in [0.05, 0.1) is 146 Å². The van der Waals surface area contributed by atoms with E-state index in [0.29, 0.717) is 85.2 Å². The molecule has 0 bridgehead atoms. The lowest BCUT2D eigenvalue weighted by molar-refractivity contribution is -0.132. The van der Waals surface area contributed by atoms with Gasteiger partial charge in [-0.3, -0.25) is 33.6 Å². The number of carbonyl (C=O) groups excluding carboxylic acids is 8. The molecule has 1 saturated heterocycles. The van der Waals surface area contributed by atoms with Crippen LogP contribution in [0.1, 0.15) is 135 Å². The van der Waals surface area contributed by atoms with Crippen molar-refractivity contribution in [1.82, 2.24) is 31.1 Å². The Hall–Kier alpha value is -11.4. The molecule has 6 aliphatic rings. The average Bonchev–Trinajstić information content (AvgIpc) is 1.57. The molecular formula is C87H107N11O19. The number of ether oxygens (including phenoxy) is 10. The predicted octanol–water partition coefficient (Wildman–Crippen LogP) is 8.98. The second-order valence-corrected chi connectivity index (χ2v) is 30.5. The Kier molecular flexibility index (Phi) is 28.7. The topological polar surface area (TPSA) is 360 Å². The van der Waals surface area contributed by atoms with Crippen molar-refractivity contribution in [2.45, 2.75) is 136 Å². The van der Waals surface area contributed by atoms with Gasteiger partial charge in [-0.25, -0.2) is 9.69 Å². The third-order valence-electron chi connectivity index (χ3n) is 21.5. The van der Waals surface area contributed by atoms with E-state index in [1.54, 1.807) is 72.1 Å². The first-order valence-electron chi connectivity index (χ1n) is 39.9. The highest BCUT2D eigenvalue weighted by Gasteiger charge is 2.58. The van der Waals surface area contributed by atoms with Crippen LogP contribution in [0, 0.1) is 11.3 Å². The van der Waals surface area contributed by atoms with Gasteiger partial charge in [0, 0.05) is 86.5 Å². The summed E-state index contributed by atoms with van der Waals surface area (Å²) in [7, 11) is 4.58. The fraction of sp³-hybridized carbons (Fsp3) is 0.448. The van der Waals surface area contributed by atoms with Crippen molar-refractivity contribution in [1.29, 1.82) is 0 Å². The summed E-state index contributed by atoms with van der Waals surface area (Å²) in [5.74, 6) is -0.773. The van der Waals surface area contributed by atoms with Crippen LogP contribution in [0.5, 0.6) is 28.7 Å². The van der Waals surface area contributed by atoms with Gasteiger partial charge in [-0.1, -0.05) is 80.6 Å². The van der Waals surface area contributed by atoms with Crippen LogP contribution in [0.3, 0.4) is 0 Å². The van der Waals surface area contributed by atoms with E-state index >= 15 is 0 Å². The highest BCUT2D eigenvalue weighted by atomic mass is 16.6. The summed E-state index contributed by atoms with van der Waals surface area (Å²) in [4.78, 5) is 116. The first-order valence-corrected chi connectivity index (χ1v) is 39.9. The first kappa shape index (κ1) is 84.9. The number of aliphatic hydroxyl groups excluding tert-OH is 1. The average molecular weight is 1610 g/mol. The molecule has 1 unspecified atom stereocenters. The number of fused-ring (bicyclic) bond motifs is 6. The van der Waals surface area contributed by atoms with E-state index in [9.17, 15) is 43.5 Å². The van der Waals surface area contributed by atoms with E-state index in [0.717, 1.165) is 62.7 Å². The van der Waals surface area contributed by atoms with E-state index in [1.165, 1.54) is 33.3 Å². The number of nitrogens with zero attached hydrogens (tertiary/aromatic N) is 4. The maximum absolute atomic E-state index is 14.5. The van der Waals surface area contributed by atoms with Crippen LogP contribution < -0.4 is 71.1 Å². The summed E-state index contributed by atoms with van der Waals surface area (Å²) in [6.45, 7) is 12.4. The van der Waals surface area contributed by atoms with Gasteiger partial charge in [-0.05, 0) is 123 Å². The smallest absolute Gasteiger partial charge is 0.416 e. The Morgan fingerprint density at radius 3 is 1.92 bits per heavy atom. The van der Waals surface area contributed by atoms with Gasteiger partial charge < -0.3 is 105 Å². The molecule has 1 saturated carbocycles. The quantitative estimate of drug-likeness (QED) is 0.0168. The summed E-state index contributed by atoms with van der Waals surface area (Å²) < 4.78 is 57.7. The molecule has 1 spiro atoms. The summed E-state index contributed by atoms with van der Waals surface area (Å²) in [6, 6.07) is 33.5. The molecule has 1 aliphatic carbocycles. The molecule has 5 atom stereocenters. The van der Waals surface area contributed by atoms with Crippen LogP contribution in [0.25, 0.3) is 17.0 Å². The third-order valence-corrected chi connectivity index (χ3v) is 21.5. The number of carbonyl (C=O) groups is 8. The SMILES string of the molecule is COc1ccc(C2=CN3C(=O)c4cc(OC)c(OCCCOc5cc6c(cc5OC)C(=O)N5CC7(CC7)C[C@H]5[C@H](O)N6C(=O)OCc5ccc(NC(=O)[C@H](C)NC(=O)[C@@H](NC(=O)CCOCCOCCOCCOCCC(=O)NCCC(=O)N6Cc7ccccc7/C(N)=C(/NC(C)C)c7ccccc76)C(C)C)cc5)cc4NCC3C2)cc1. The maximum Gasteiger partial charge on any atom is 0.416 e. The van der Waals surface area contributed by atoms with Crippen molar-refractivity contribution < 1.29 is 90.8 Å². The lowest BCUT2D eigenvalue weighted by atomic mass is 9.95. The van der Waals surface area contributed by atoms with Crippen molar-refractivity contribution in [3.8, 4) is 28.7 Å². The zero-order valence-corrected chi connectivity index (χ0v) is 67.6. The zero-order chi connectivity index (χ0) is 82.9. The Balaban J connectivity index is 0.529. The van der Waals surface area contributed by atoms with E-state index in [4.69, 9.17) is 53.1 Å². The number of para-hydroxylation sites is 1. The van der Waals surface area contributed by atoms with Crippen molar-refractivity contribution >= 4 is 87.2 Å². The van der Waals surface area contributed by atoms with Crippen LogP contribution in [0.2, 0.25) is 0 Å². The fourth-order valence-corrected chi connectivity index (χ4v) is 15.0. The van der Waals surface area contributed by atoms with E-state index < -0.39 is 48.2 Å². The second-order valence-electron chi connectivity index (χ2n) is 30.5. The monoisotopic (exact) mass is 1610 g/mol. The highest BCUT2D eigenvalue weighted by Crippen LogP contribution is 2.57. The molecule has 12 rings (SSSR count). The van der Waals surface area contributed by atoms with Crippen molar-refractivity contribution in [3.63, 3.8) is 0 Å². The van der Waals surface area contributed by atoms with Gasteiger partial charge in [0.2, 0.25) is 29.5 Å². The van der Waals surface area contributed by atoms with Crippen LogP contribution in [0.4, 0.5) is 27.5 Å². The van der Waals surface area contributed by atoms with Gasteiger partial charge in [0.1, 0.15) is 24.4 Å². The molecule has 0 aromatic heterocycles. The molecule has 0 radical (unpaired) electrons. The summed E-state index contributed by atoms with van der Waals surface area (Å²) in [5.41, 5.74) is 15.6. The van der Waals surface area contributed by atoms with E-state index in [-0.39, 0.29) is 162 Å². The molecule has 6 aromatic carbocycles. The second kappa shape index (κ2) is 39.5. The minimum absolute atomic E-state index is 0.0307.